The Morgan fingerprint density at radius 3 is 2.70 bits per heavy atom. The van der Waals surface area contributed by atoms with Crippen molar-refractivity contribution in [2.75, 3.05) is 7.11 Å². The van der Waals surface area contributed by atoms with E-state index in [1.807, 2.05) is 0 Å². The Morgan fingerprint density at radius 2 is 1.95 bits per heavy atom. The first kappa shape index (κ1) is 12.3. The summed E-state index contributed by atoms with van der Waals surface area (Å²) in [5.74, 6) is 1.17. The van der Waals surface area contributed by atoms with Gasteiger partial charge in [-0.3, -0.25) is 4.79 Å². The largest absolute Gasteiger partial charge is 0.481 e. The van der Waals surface area contributed by atoms with Crippen molar-refractivity contribution < 1.29 is 9.53 Å². The fourth-order valence-electron chi connectivity index (χ4n) is 5.20. The van der Waals surface area contributed by atoms with E-state index < -0.39 is 0 Å². The Hall–Kier alpha value is -1.45. The average Bonchev–Trinajstić information content (AvgIpc) is 3.09. The van der Waals surface area contributed by atoms with Gasteiger partial charge in [0.1, 0.15) is 12.1 Å². The summed E-state index contributed by atoms with van der Waals surface area (Å²) in [4.78, 5) is 21.2. The number of methoxy groups -OCH3 is 1. The quantitative estimate of drug-likeness (QED) is 0.788. The van der Waals surface area contributed by atoms with Crippen molar-refractivity contribution in [1.29, 1.82) is 0 Å². The molecule has 4 rings (SSSR count). The number of ether oxygens (including phenoxy) is 1. The Kier molecular flexibility index (Phi) is 2.10. The van der Waals surface area contributed by atoms with E-state index in [-0.39, 0.29) is 16.2 Å². The molecule has 0 saturated heterocycles. The van der Waals surface area contributed by atoms with Crippen LogP contribution in [-0.4, -0.2) is 22.9 Å². The minimum atomic E-state index is -0.115. The highest BCUT2D eigenvalue weighted by Crippen LogP contribution is 2.79. The molecule has 0 radical (unpaired) electrons. The van der Waals surface area contributed by atoms with Gasteiger partial charge in [-0.05, 0) is 31.1 Å². The zero-order chi connectivity index (χ0) is 14.2. The van der Waals surface area contributed by atoms with Gasteiger partial charge in [-0.2, -0.15) is 0 Å². The highest BCUT2D eigenvalue weighted by Gasteiger charge is 2.78. The van der Waals surface area contributed by atoms with Crippen molar-refractivity contribution >= 4 is 5.78 Å². The molecule has 4 nitrogen and oxygen atoms in total. The van der Waals surface area contributed by atoms with E-state index in [1.54, 1.807) is 13.4 Å². The summed E-state index contributed by atoms with van der Waals surface area (Å²) in [5, 5.41) is 0. The monoisotopic (exact) mass is 272 g/mol. The van der Waals surface area contributed by atoms with Gasteiger partial charge >= 0.3 is 0 Å². The molecule has 1 aromatic heterocycles. The van der Waals surface area contributed by atoms with Gasteiger partial charge in [-0.25, -0.2) is 9.97 Å². The Labute approximate surface area is 119 Å². The fraction of sp³-hybridized carbons (Fsp3) is 0.688. The Balaban J connectivity index is 1.91. The molecule has 0 aliphatic heterocycles. The fourth-order valence-corrected chi connectivity index (χ4v) is 5.20. The van der Waals surface area contributed by atoms with Crippen molar-refractivity contribution in [1.82, 2.24) is 9.97 Å². The lowest BCUT2D eigenvalue weighted by molar-refractivity contribution is -0.129. The molecule has 1 aromatic rings. The van der Waals surface area contributed by atoms with Crippen LogP contribution < -0.4 is 4.74 Å². The number of carbonyl (C=O) groups excluding carboxylic acids is 1. The van der Waals surface area contributed by atoms with Crippen LogP contribution in [0.1, 0.15) is 50.8 Å². The molecule has 3 aliphatic rings. The van der Waals surface area contributed by atoms with Crippen molar-refractivity contribution in [3.05, 3.63) is 17.6 Å². The number of hydrogen-bond acceptors (Lipinski definition) is 4. The van der Waals surface area contributed by atoms with Gasteiger partial charge in [0.25, 0.3) is 0 Å². The van der Waals surface area contributed by atoms with Crippen LogP contribution in [0.4, 0.5) is 0 Å². The molecule has 3 atom stereocenters. The third-order valence-corrected chi connectivity index (χ3v) is 6.53. The van der Waals surface area contributed by atoms with Crippen molar-refractivity contribution in [2.24, 2.45) is 10.8 Å². The summed E-state index contributed by atoms with van der Waals surface area (Å²) in [7, 11) is 1.67. The molecule has 0 amide bonds. The van der Waals surface area contributed by atoms with Crippen LogP contribution >= 0.6 is 0 Å². The zero-order valence-electron chi connectivity index (χ0n) is 12.3. The number of hydrogen-bond donors (Lipinski definition) is 0. The molecule has 106 valence electrons. The molecule has 0 N–H and O–H groups in total. The highest BCUT2D eigenvalue weighted by molar-refractivity contribution is 5.91. The number of rotatable bonds is 1. The van der Waals surface area contributed by atoms with Crippen LogP contribution in [0.2, 0.25) is 0 Å². The maximum Gasteiger partial charge on any atom is 0.219 e. The first-order chi connectivity index (χ1) is 9.48. The lowest BCUT2D eigenvalue weighted by atomic mass is 9.55. The van der Waals surface area contributed by atoms with Crippen molar-refractivity contribution in [3.63, 3.8) is 0 Å². The van der Waals surface area contributed by atoms with E-state index >= 15 is 0 Å². The predicted octanol–water partition coefficient (Wildman–Crippen LogP) is 2.45. The number of nitrogens with zero attached hydrogens (tertiary/aromatic N) is 2. The van der Waals surface area contributed by atoms with E-state index in [0.717, 1.165) is 36.9 Å². The molecule has 3 aliphatic carbocycles. The number of ketones is 1. The van der Waals surface area contributed by atoms with Gasteiger partial charge < -0.3 is 4.74 Å². The molecule has 2 saturated carbocycles. The molecule has 0 bridgehead atoms. The number of fused-ring (bicyclic) bond motifs is 2. The van der Waals surface area contributed by atoms with Crippen LogP contribution in [0, 0.1) is 10.8 Å². The normalized spacial score (nSPS) is 41.5. The summed E-state index contributed by atoms with van der Waals surface area (Å²) in [6.07, 6.45) is 6.22. The summed E-state index contributed by atoms with van der Waals surface area (Å²) in [5.41, 5.74) is 2.30. The van der Waals surface area contributed by atoms with Gasteiger partial charge in [0.2, 0.25) is 5.88 Å². The van der Waals surface area contributed by atoms with Crippen molar-refractivity contribution in [2.45, 2.75) is 51.4 Å². The molecule has 1 spiro atoms. The SMILES string of the molecule is COc1ncnc2c1CC[C@@]13CC1(C)C(=O)CC[C@]23C. The molecule has 20 heavy (non-hydrogen) atoms. The van der Waals surface area contributed by atoms with Gasteiger partial charge in [0.15, 0.2) is 0 Å². The topological polar surface area (TPSA) is 52.1 Å². The van der Waals surface area contributed by atoms with Crippen LogP contribution in [0.5, 0.6) is 5.88 Å². The van der Waals surface area contributed by atoms with Crippen LogP contribution in [0.25, 0.3) is 0 Å². The highest BCUT2D eigenvalue weighted by atomic mass is 16.5. The maximum atomic E-state index is 12.3. The summed E-state index contributed by atoms with van der Waals surface area (Å²) in [6, 6.07) is 0. The molecule has 4 heteroatoms. The van der Waals surface area contributed by atoms with E-state index in [0.29, 0.717) is 18.1 Å². The Morgan fingerprint density at radius 1 is 1.15 bits per heavy atom. The maximum absolute atomic E-state index is 12.3. The smallest absolute Gasteiger partial charge is 0.219 e. The average molecular weight is 272 g/mol. The van der Waals surface area contributed by atoms with E-state index in [1.165, 1.54) is 0 Å². The summed E-state index contributed by atoms with van der Waals surface area (Å²) < 4.78 is 5.41. The molecule has 2 fully saturated rings. The molecule has 1 heterocycles. The molecule has 1 unspecified atom stereocenters. The second kappa shape index (κ2) is 3.41. The van der Waals surface area contributed by atoms with Crippen LogP contribution in [0.15, 0.2) is 6.33 Å². The zero-order valence-corrected chi connectivity index (χ0v) is 12.3. The van der Waals surface area contributed by atoms with E-state index in [9.17, 15) is 4.79 Å². The summed E-state index contributed by atoms with van der Waals surface area (Å²) in [6.45, 7) is 4.46. The van der Waals surface area contributed by atoms with E-state index in [2.05, 4.69) is 23.8 Å². The van der Waals surface area contributed by atoms with Crippen LogP contribution in [0.3, 0.4) is 0 Å². The molecular formula is C16H20N2O2. The number of aromatic nitrogens is 2. The standard InChI is InChI=1S/C16H20N2O2/c1-14-6-5-11(19)15(2)8-16(14,15)7-4-10-12(14)17-9-18-13(10)20-3/h9H,4-8H2,1-3H3/t14-,15?,16+/m1/s1. The third-order valence-electron chi connectivity index (χ3n) is 6.53. The van der Waals surface area contributed by atoms with Gasteiger partial charge in [0.05, 0.1) is 12.8 Å². The second-order valence-corrected chi connectivity index (χ2v) is 7.06. The van der Waals surface area contributed by atoms with Gasteiger partial charge in [0, 0.05) is 22.8 Å². The van der Waals surface area contributed by atoms with E-state index in [4.69, 9.17) is 4.74 Å². The lowest BCUT2D eigenvalue weighted by Gasteiger charge is -2.48. The van der Waals surface area contributed by atoms with Gasteiger partial charge in [-0.15, -0.1) is 0 Å². The summed E-state index contributed by atoms with van der Waals surface area (Å²) >= 11 is 0. The lowest BCUT2D eigenvalue weighted by Crippen LogP contribution is -2.47. The second-order valence-electron chi connectivity index (χ2n) is 7.06. The first-order valence-electron chi connectivity index (χ1n) is 7.40. The minimum Gasteiger partial charge on any atom is -0.481 e. The first-order valence-corrected chi connectivity index (χ1v) is 7.40. The van der Waals surface area contributed by atoms with Crippen molar-refractivity contribution in [3.8, 4) is 5.88 Å². The molecular weight excluding hydrogens is 252 g/mol. The van der Waals surface area contributed by atoms with Gasteiger partial charge in [-0.1, -0.05) is 13.8 Å². The number of Topliss-reactive ketones (excluding diaryl/α,β-unsaturated/α-hetero) is 1. The molecule has 0 aromatic carbocycles. The van der Waals surface area contributed by atoms with Crippen LogP contribution in [-0.2, 0) is 16.6 Å². The third kappa shape index (κ3) is 1.09. The number of carbonyl (C=O) groups is 1. The minimum absolute atomic E-state index is 0.000532. The predicted molar refractivity (Wildman–Crippen MR) is 73.7 cm³/mol. The Bertz CT molecular complexity index is 629.